The summed E-state index contributed by atoms with van der Waals surface area (Å²) in [6, 6.07) is 29.7. The number of hydrogen-bond acceptors (Lipinski definition) is 1. The van der Waals surface area contributed by atoms with Crippen molar-refractivity contribution in [2.75, 3.05) is 0 Å². The summed E-state index contributed by atoms with van der Waals surface area (Å²) in [5, 5.41) is 5.22. The van der Waals surface area contributed by atoms with Gasteiger partial charge in [-0.3, -0.25) is 4.57 Å². The normalized spacial score (nSPS) is 13.2. The van der Waals surface area contributed by atoms with Gasteiger partial charge in [0.15, 0.2) is 0 Å². The van der Waals surface area contributed by atoms with E-state index in [0.717, 1.165) is 22.6 Å². The number of hydrogen-bond donors (Lipinski definition) is 1. The molecule has 1 N–H and O–H groups in total. The second kappa shape index (κ2) is 10.4. The third kappa shape index (κ3) is 5.56. The Balaban J connectivity index is 2.05. The molecule has 1 atom stereocenters. The molecule has 0 radical (unpaired) electrons. The van der Waals surface area contributed by atoms with Crippen molar-refractivity contribution in [1.29, 1.82) is 0 Å². The van der Waals surface area contributed by atoms with Crippen LogP contribution >= 0.6 is 7.29 Å². The maximum absolute atomic E-state index is 14.5. The van der Waals surface area contributed by atoms with Gasteiger partial charge in [0.25, 0.3) is 0 Å². The van der Waals surface area contributed by atoms with E-state index >= 15 is 0 Å². The van der Waals surface area contributed by atoms with E-state index < -0.39 is 7.29 Å². The SMILES string of the molecule is CCCC/C(C)=C\[C@@H](NP(=O)(c1ccccc1)c1ccccc1)c1ccccc1. The van der Waals surface area contributed by atoms with Crippen LogP contribution in [0.4, 0.5) is 0 Å². The van der Waals surface area contributed by atoms with E-state index in [4.69, 9.17) is 0 Å². The quantitative estimate of drug-likeness (QED) is 0.332. The average Bonchev–Trinajstić information content (AvgIpc) is 2.79. The molecule has 3 aromatic rings. The monoisotopic (exact) mass is 403 g/mol. The first-order valence-electron chi connectivity index (χ1n) is 10.3. The summed E-state index contributed by atoms with van der Waals surface area (Å²) in [4.78, 5) is 0. The van der Waals surface area contributed by atoms with E-state index in [1.807, 2.05) is 78.9 Å². The molecule has 29 heavy (non-hydrogen) atoms. The van der Waals surface area contributed by atoms with Gasteiger partial charge in [-0.2, -0.15) is 0 Å². The van der Waals surface area contributed by atoms with E-state index in [2.05, 4.69) is 37.1 Å². The summed E-state index contributed by atoms with van der Waals surface area (Å²) in [7, 11) is -3.02. The summed E-state index contributed by atoms with van der Waals surface area (Å²) < 4.78 is 14.5. The Kier molecular flexibility index (Phi) is 7.63. The van der Waals surface area contributed by atoms with Crippen molar-refractivity contribution in [2.24, 2.45) is 0 Å². The van der Waals surface area contributed by atoms with Crippen molar-refractivity contribution in [3.63, 3.8) is 0 Å². The van der Waals surface area contributed by atoms with Gasteiger partial charge >= 0.3 is 0 Å². The molecule has 3 aromatic carbocycles. The number of nitrogens with one attached hydrogen (secondary N) is 1. The van der Waals surface area contributed by atoms with E-state index in [1.54, 1.807) is 0 Å². The first-order chi connectivity index (χ1) is 14.1. The summed E-state index contributed by atoms with van der Waals surface area (Å²) in [6.07, 6.45) is 5.63. The predicted molar refractivity (Wildman–Crippen MR) is 125 cm³/mol. The first-order valence-corrected chi connectivity index (χ1v) is 12.1. The molecule has 0 aliphatic carbocycles. The van der Waals surface area contributed by atoms with Gasteiger partial charge in [-0.1, -0.05) is 91.7 Å². The molecule has 0 spiro atoms. The van der Waals surface area contributed by atoms with Gasteiger partial charge in [0.2, 0.25) is 7.29 Å². The minimum atomic E-state index is -3.02. The van der Waals surface area contributed by atoms with Gasteiger partial charge in [0.05, 0.1) is 6.04 Å². The van der Waals surface area contributed by atoms with E-state index in [0.29, 0.717) is 0 Å². The molecule has 150 valence electrons. The number of benzene rings is 3. The van der Waals surface area contributed by atoms with Crippen molar-refractivity contribution in [2.45, 2.75) is 39.2 Å². The predicted octanol–water partition coefficient (Wildman–Crippen LogP) is 6.38. The van der Waals surface area contributed by atoms with Crippen LogP contribution in [0.2, 0.25) is 0 Å². The van der Waals surface area contributed by atoms with E-state index in [1.165, 1.54) is 18.4 Å². The zero-order valence-corrected chi connectivity index (χ0v) is 18.2. The zero-order chi connectivity index (χ0) is 20.5. The van der Waals surface area contributed by atoms with Crippen molar-refractivity contribution in [3.8, 4) is 0 Å². The summed E-state index contributed by atoms with van der Waals surface area (Å²) >= 11 is 0. The average molecular weight is 404 g/mol. The third-order valence-electron chi connectivity index (χ3n) is 5.10. The topological polar surface area (TPSA) is 29.1 Å². The molecule has 0 aliphatic rings. The van der Waals surface area contributed by atoms with Gasteiger partial charge in [-0.05, 0) is 49.6 Å². The van der Waals surface area contributed by atoms with Crippen LogP contribution in [0.1, 0.15) is 44.7 Å². The summed E-state index contributed by atoms with van der Waals surface area (Å²) in [5.74, 6) is 0. The number of allylic oxidation sites excluding steroid dienone is 1. The van der Waals surface area contributed by atoms with Crippen molar-refractivity contribution in [1.82, 2.24) is 5.09 Å². The van der Waals surface area contributed by atoms with Crippen molar-refractivity contribution >= 4 is 17.9 Å². The third-order valence-corrected chi connectivity index (χ3v) is 7.79. The molecule has 0 aliphatic heterocycles. The minimum Gasteiger partial charge on any atom is -0.296 e. The smallest absolute Gasteiger partial charge is 0.205 e. The zero-order valence-electron chi connectivity index (χ0n) is 17.3. The highest BCUT2D eigenvalue weighted by molar-refractivity contribution is 7.76. The lowest BCUT2D eigenvalue weighted by atomic mass is 10.0. The Hall–Kier alpha value is -2.41. The molecule has 0 bridgehead atoms. The molecule has 0 amide bonds. The van der Waals surface area contributed by atoms with Gasteiger partial charge in [-0.25, -0.2) is 5.09 Å². The molecule has 0 heterocycles. The van der Waals surface area contributed by atoms with Gasteiger partial charge in [0.1, 0.15) is 0 Å². The minimum absolute atomic E-state index is 0.126. The maximum atomic E-state index is 14.5. The van der Waals surface area contributed by atoms with Crippen LogP contribution in [0.3, 0.4) is 0 Å². The highest BCUT2D eigenvalue weighted by Gasteiger charge is 2.30. The maximum Gasteiger partial charge on any atom is 0.205 e. The molecule has 0 fully saturated rings. The lowest BCUT2D eigenvalue weighted by Crippen LogP contribution is -2.30. The molecule has 3 heteroatoms. The lowest BCUT2D eigenvalue weighted by molar-refractivity contribution is 0.573. The molecule has 0 unspecified atom stereocenters. The van der Waals surface area contributed by atoms with Crippen LogP contribution < -0.4 is 15.7 Å². The fourth-order valence-electron chi connectivity index (χ4n) is 3.46. The molecular weight excluding hydrogens is 373 g/mol. The molecule has 0 aromatic heterocycles. The highest BCUT2D eigenvalue weighted by Crippen LogP contribution is 2.42. The molecule has 0 saturated heterocycles. The molecule has 2 nitrogen and oxygen atoms in total. The number of unbranched alkanes of at least 4 members (excludes halogenated alkanes) is 1. The van der Waals surface area contributed by atoms with Crippen molar-refractivity contribution in [3.05, 3.63) is 108 Å². The Morgan fingerprint density at radius 2 is 1.34 bits per heavy atom. The van der Waals surface area contributed by atoms with Crippen LogP contribution in [0.15, 0.2) is 103 Å². The van der Waals surface area contributed by atoms with Crippen LogP contribution in [-0.4, -0.2) is 0 Å². The van der Waals surface area contributed by atoms with E-state index in [9.17, 15) is 4.57 Å². The summed E-state index contributed by atoms with van der Waals surface area (Å²) in [5.41, 5.74) is 2.44. The first kappa shape index (κ1) is 21.3. The van der Waals surface area contributed by atoms with Gasteiger partial charge < -0.3 is 0 Å². The Labute approximate surface area is 175 Å². The second-order valence-electron chi connectivity index (χ2n) is 7.41. The van der Waals surface area contributed by atoms with Gasteiger partial charge in [0, 0.05) is 10.6 Å². The Bertz CT molecular complexity index is 908. The van der Waals surface area contributed by atoms with Crippen LogP contribution in [0.25, 0.3) is 0 Å². The van der Waals surface area contributed by atoms with Crippen LogP contribution in [0, 0.1) is 0 Å². The fourth-order valence-corrected chi connectivity index (χ4v) is 5.86. The largest absolute Gasteiger partial charge is 0.296 e. The van der Waals surface area contributed by atoms with Crippen LogP contribution in [-0.2, 0) is 4.57 Å². The second-order valence-corrected chi connectivity index (χ2v) is 9.92. The number of rotatable bonds is 9. The molecule has 3 rings (SSSR count). The van der Waals surface area contributed by atoms with Crippen molar-refractivity contribution < 1.29 is 4.57 Å². The summed E-state index contributed by atoms with van der Waals surface area (Å²) in [6.45, 7) is 4.38. The lowest BCUT2D eigenvalue weighted by Gasteiger charge is -2.26. The molecular formula is C26H30NOP. The van der Waals surface area contributed by atoms with Crippen LogP contribution in [0.5, 0.6) is 0 Å². The standard InChI is InChI=1S/C26H30NOP/c1-3-4-14-22(2)21-26(23-15-8-5-9-16-23)27-29(28,24-17-10-6-11-18-24)25-19-12-7-13-20-25/h5-13,15-21,26H,3-4,14H2,1-2H3,(H,27,28)/b22-21-/t26-/m1/s1. The van der Waals surface area contributed by atoms with E-state index in [-0.39, 0.29) is 6.04 Å². The Morgan fingerprint density at radius 1 is 0.862 bits per heavy atom. The highest BCUT2D eigenvalue weighted by atomic mass is 31.2. The van der Waals surface area contributed by atoms with Gasteiger partial charge in [-0.15, -0.1) is 0 Å². The fraction of sp³-hybridized carbons (Fsp3) is 0.231. The Morgan fingerprint density at radius 3 is 1.83 bits per heavy atom. The molecule has 0 saturated carbocycles.